The third-order valence-corrected chi connectivity index (χ3v) is 5.38. The van der Waals surface area contributed by atoms with Crippen LogP contribution in [-0.2, 0) is 0 Å². The Morgan fingerprint density at radius 1 is 1.06 bits per heavy atom. The van der Waals surface area contributed by atoms with Crippen molar-refractivity contribution in [2.45, 2.75) is 46.6 Å². The van der Waals surface area contributed by atoms with Crippen molar-refractivity contribution in [3.8, 4) is 22.9 Å². The number of thiophene rings is 1. The van der Waals surface area contributed by atoms with Gasteiger partial charge in [0.05, 0.1) is 11.1 Å². The first-order valence-corrected chi connectivity index (χ1v) is 11.1. The normalized spacial score (nSPS) is 11.5. The van der Waals surface area contributed by atoms with Crippen LogP contribution in [0.25, 0.3) is 16.2 Å². The maximum Gasteiger partial charge on any atom is 0.157 e. The summed E-state index contributed by atoms with van der Waals surface area (Å²) in [6.45, 7) is 11.2. The first-order valence-electron chi connectivity index (χ1n) is 10.2. The Morgan fingerprint density at radius 3 is 2.39 bits per heavy atom. The number of imidazole rings is 1. The van der Waals surface area contributed by atoms with E-state index in [0.717, 1.165) is 34.0 Å². The van der Waals surface area contributed by atoms with Gasteiger partial charge in [-0.25, -0.2) is 4.98 Å². The molecule has 4 aromatic heterocycles. The zero-order valence-electron chi connectivity index (χ0n) is 18.8. The summed E-state index contributed by atoms with van der Waals surface area (Å²) < 4.78 is 2.05. The molecule has 5 nitrogen and oxygen atoms in total. The number of hydrogen-bond acceptors (Lipinski definition) is 5. The molecule has 4 aromatic rings. The van der Waals surface area contributed by atoms with E-state index in [1.165, 1.54) is 0 Å². The Kier molecular flexibility index (Phi) is 6.77. The van der Waals surface area contributed by atoms with E-state index >= 15 is 0 Å². The second-order valence-electron chi connectivity index (χ2n) is 9.19. The van der Waals surface area contributed by atoms with Gasteiger partial charge in [-0.1, -0.05) is 32.8 Å². The molecule has 0 aliphatic rings. The second kappa shape index (κ2) is 9.32. The van der Waals surface area contributed by atoms with E-state index in [1.807, 2.05) is 40.2 Å². The van der Waals surface area contributed by atoms with Crippen LogP contribution in [0.4, 0.5) is 5.82 Å². The highest BCUT2D eigenvalue weighted by Crippen LogP contribution is 2.37. The van der Waals surface area contributed by atoms with Crippen molar-refractivity contribution in [2.75, 3.05) is 5.32 Å². The summed E-state index contributed by atoms with van der Waals surface area (Å²) in [6.07, 6.45) is 15.7. The van der Waals surface area contributed by atoms with Crippen molar-refractivity contribution in [3.63, 3.8) is 0 Å². The SMILES string of the molecule is C#Cc1ccsc1-c1nc2cnccn2c1NC(C)(C)CC(C)(C)C.c1ccncc1. The molecule has 6 heteroatoms. The van der Waals surface area contributed by atoms with Gasteiger partial charge >= 0.3 is 0 Å². The van der Waals surface area contributed by atoms with E-state index in [9.17, 15) is 0 Å². The second-order valence-corrected chi connectivity index (χ2v) is 10.1. The molecular formula is C25H29N5S. The number of nitrogens with zero attached hydrogens (tertiary/aromatic N) is 4. The van der Waals surface area contributed by atoms with Crippen molar-refractivity contribution >= 4 is 22.8 Å². The molecule has 0 aliphatic heterocycles. The quantitative estimate of drug-likeness (QED) is 0.394. The van der Waals surface area contributed by atoms with E-state index < -0.39 is 0 Å². The average molecular weight is 432 g/mol. The molecule has 1 N–H and O–H groups in total. The van der Waals surface area contributed by atoms with Crippen LogP contribution in [0.5, 0.6) is 0 Å². The van der Waals surface area contributed by atoms with Gasteiger partial charge in [0.2, 0.25) is 0 Å². The van der Waals surface area contributed by atoms with Crippen LogP contribution in [0.15, 0.2) is 60.6 Å². The highest BCUT2D eigenvalue weighted by atomic mass is 32.1. The summed E-state index contributed by atoms with van der Waals surface area (Å²) in [4.78, 5) is 13.8. The van der Waals surface area contributed by atoms with Crippen LogP contribution in [0.2, 0.25) is 0 Å². The van der Waals surface area contributed by atoms with E-state index in [4.69, 9.17) is 11.4 Å². The fraction of sp³-hybridized carbons (Fsp3) is 0.320. The minimum absolute atomic E-state index is 0.0974. The molecule has 0 bridgehead atoms. The predicted molar refractivity (Wildman–Crippen MR) is 130 cm³/mol. The summed E-state index contributed by atoms with van der Waals surface area (Å²) in [5, 5.41) is 5.73. The van der Waals surface area contributed by atoms with Gasteiger partial charge in [0.15, 0.2) is 5.65 Å². The third-order valence-electron chi connectivity index (χ3n) is 4.46. The lowest BCUT2D eigenvalue weighted by Crippen LogP contribution is -2.36. The van der Waals surface area contributed by atoms with Crippen LogP contribution in [0, 0.1) is 17.8 Å². The Labute approximate surface area is 188 Å². The van der Waals surface area contributed by atoms with Gasteiger partial charge in [-0.05, 0) is 49.3 Å². The molecule has 4 rings (SSSR count). The Bertz CT molecular complexity index is 1130. The number of pyridine rings is 1. The summed E-state index contributed by atoms with van der Waals surface area (Å²) in [5.74, 6) is 3.73. The van der Waals surface area contributed by atoms with Gasteiger partial charge < -0.3 is 5.32 Å². The van der Waals surface area contributed by atoms with E-state index in [0.29, 0.717) is 0 Å². The molecule has 0 radical (unpaired) electrons. The minimum atomic E-state index is -0.0974. The Hall–Kier alpha value is -3.17. The lowest BCUT2D eigenvalue weighted by molar-refractivity contribution is 0.302. The zero-order chi connectivity index (χ0) is 22.5. The van der Waals surface area contributed by atoms with Gasteiger partial charge in [-0.15, -0.1) is 17.8 Å². The van der Waals surface area contributed by atoms with Gasteiger partial charge in [0, 0.05) is 35.9 Å². The maximum absolute atomic E-state index is 5.68. The van der Waals surface area contributed by atoms with Crippen LogP contribution in [0.3, 0.4) is 0 Å². The fourth-order valence-electron chi connectivity index (χ4n) is 3.79. The zero-order valence-corrected chi connectivity index (χ0v) is 19.6. The summed E-state index contributed by atoms with van der Waals surface area (Å²) in [6, 6.07) is 7.68. The molecular weight excluding hydrogens is 402 g/mol. The van der Waals surface area contributed by atoms with Crippen molar-refractivity contribution in [2.24, 2.45) is 5.41 Å². The topological polar surface area (TPSA) is 55.1 Å². The van der Waals surface area contributed by atoms with Crippen molar-refractivity contribution in [3.05, 3.63) is 66.2 Å². The molecule has 0 amide bonds. The van der Waals surface area contributed by atoms with Crippen molar-refractivity contribution in [1.29, 1.82) is 0 Å². The van der Waals surface area contributed by atoms with Crippen LogP contribution in [-0.4, -0.2) is 24.9 Å². The van der Waals surface area contributed by atoms with E-state index in [-0.39, 0.29) is 11.0 Å². The Balaban J connectivity index is 0.000000391. The summed E-state index contributed by atoms with van der Waals surface area (Å²) >= 11 is 1.62. The molecule has 0 saturated heterocycles. The lowest BCUT2D eigenvalue weighted by Gasteiger charge is -2.34. The van der Waals surface area contributed by atoms with Crippen molar-refractivity contribution in [1.82, 2.24) is 19.4 Å². The fourth-order valence-corrected chi connectivity index (χ4v) is 4.64. The largest absolute Gasteiger partial charge is 0.364 e. The molecule has 0 unspecified atom stereocenters. The Morgan fingerprint density at radius 2 is 1.81 bits per heavy atom. The first-order chi connectivity index (χ1) is 14.7. The number of anilines is 1. The standard InChI is InChI=1S/C20H24N4S.C5H5N/c1-7-14-8-11-25-17(14)16-18(23-20(5,6)13-19(2,3)4)24-10-9-21-12-15(24)22-16;1-2-4-6-5-3-1/h1,8-12,23H,13H2,2-6H3;1-5H. The van der Waals surface area contributed by atoms with Crippen LogP contribution < -0.4 is 5.32 Å². The number of fused-ring (bicyclic) bond motifs is 1. The molecule has 0 saturated carbocycles. The number of aromatic nitrogens is 4. The smallest absolute Gasteiger partial charge is 0.157 e. The van der Waals surface area contributed by atoms with Gasteiger partial charge in [0.1, 0.15) is 11.5 Å². The van der Waals surface area contributed by atoms with Gasteiger partial charge in [0.25, 0.3) is 0 Å². The summed E-state index contributed by atoms with van der Waals surface area (Å²) in [5.41, 5.74) is 2.68. The number of terminal acetylenes is 1. The first kappa shape index (κ1) is 22.5. The molecule has 0 atom stereocenters. The van der Waals surface area contributed by atoms with E-state index in [2.05, 4.69) is 55.8 Å². The molecule has 4 heterocycles. The van der Waals surface area contributed by atoms with Crippen molar-refractivity contribution < 1.29 is 0 Å². The monoisotopic (exact) mass is 431 g/mol. The number of hydrogen-bond donors (Lipinski definition) is 1. The highest BCUT2D eigenvalue weighted by molar-refractivity contribution is 7.13. The van der Waals surface area contributed by atoms with Crippen LogP contribution in [0.1, 0.15) is 46.6 Å². The predicted octanol–water partition coefficient (Wildman–Crippen LogP) is 6.15. The third kappa shape index (κ3) is 5.93. The van der Waals surface area contributed by atoms with Gasteiger partial charge in [-0.2, -0.15) is 0 Å². The van der Waals surface area contributed by atoms with Crippen LogP contribution >= 0.6 is 11.3 Å². The molecule has 0 aliphatic carbocycles. The molecule has 0 aromatic carbocycles. The lowest BCUT2D eigenvalue weighted by atomic mass is 9.82. The number of rotatable bonds is 4. The number of nitrogens with one attached hydrogen (secondary N) is 1. The van der Waals surface area contributed by atoms with E-state index in [1.54, 1.807) is 36.1 Å². The van der Waals surface area contributed by atoms with Gasteiger partial charge in [-0.3, -0.25) is 14.4 Å². The average Bonchev–Trinajstić information content (AvgIpc) is 3.32. The molecule has 160 valence electrons. The highest BCUT2D eigenvalue weighted by Gasteiger charge is 2.28. The molecule has 0 fully saturated rings. The molecule has 31 heavy (non-hydrogen) atoms. The minimum Gasteiger partial charge on any atom is -0.364 e. The maximum atomic E-state index is 5.68. The summed E-state index contributed by atoms with van der Waals surface area (Å²) in [7, 11) is 0. The molecule has 0 spiro atoms.